The van der Waals surface area contributed by atoms with Crippen LogP contribution in [0.2, 0.25) is 0 Å². The molecule has 3 heterocycles. The first-order valence-electron chi connectivity index (χ1n) is 5.20. The number of nitrogens with zero attached hydrogens (tertiary/aromatic N) is 1. The maximum absolute atomic E-state index is 5.90. The standard InChI is InChI=1S/C12H11N3OS/c1-7-4-5-8(16-7)11-10(12(13)15-14-11)9-3-2-6-17-9/h2-6H,1H3,(H3,13,14,15). The Morgan fingerprint density at radius 1 is 1.35 bits per heavy atom. The monoisotopic (exact) mass is 245 g/mol. The number of aromatic nitrogens is 2. The van der Waals surface area contributed by atoms with E-state index in [0.29, 0.717) is 5.82 Å². The Kier molecular flexibility index (Phi) is 2.26. The average molecular weight is 245 g/mol. The smallest absolute Gasteiger partial charge is 0.154 e. The fourth-order valence-electron chi connectivity index (χ4n) is 1.77. The molecule has 3 aromatic heterocycles. The van der Waals surface area contributed by atoms with Crippen LogP contribution in [0.5, 0.6) is 0 Å². The van der Waals surface area contributed by atoms with Crippen LogP contribution >= 0.6 is 11.3 Å². The highest BCUT2D eigenvalue weighted by Crippen LogP contribution is 2.37. The third-order valence-electron chi connectivity index (χ3n) is 2.55. The number of nitrogens with two attached hydrogens (primary N) is 1. The van der Waals surface area contributed by atoms with Gasteiger partial charge in [-0.25, -0.2) is 0 Å². The molecule has 3 rings (SSSR count). The summed E-state index contributed by atoms with van der Waals surface area (Å²) in [5.41, 5.74) is 7.64. The molecule has 0 fully saturated rings. The van der Waals surface area contributed by atoms with Crippen molar-refractivity contribution < 1.29 is 4.42 Å². The number of furan rings is 1. The molecule has 0 aliphatic heterocycles. The van der Waals surface area contributed by atoms with Gasteiger partial charge < -0.3 is 10.2 Å². The van der Waals surface area contributed by atoms with Gasteiger partial charge in [0, 0.05) is 4.88 Å². The molecule has 0 aliphatic rings. The third kappa shape index (κ3) is 1.64. The van der Waals surface area contributed by atoms with E-state index in [1.54, 1.807) is 11.3 Å². The largest absolute Gasteiger partial charge is 0.460 e. The fourth-order valence-corrected chi connectivity index (χ4v) is 2.56. The minimum atomic E-state index is 0.497. The number of hydrogen-bond acceptors (Lipinski definition) is 4. The predicted molar refractivity (Wildman–Crippen MR) is 68.8 cm³/mol. The van der Waals surface area contributed by atoms with Crippen molar-refractivity contribution in [1.82, 2.24) is 10.2 Å². The van der Waals surface area contributed by atoms with Gasteiger partial charge in [-0.2, -0.15) is 5.10 Å². The molecule has 0 radical (unpaired) electrons. The minimum absolute atomic E-state index is 0.497. The van der Waals surface area contributed by atoms with E-state index in [4.69, 9.17) is 10.2 Å². The van der Waals surface area contributed by atoms with Crippen molar-refractivity contribution in [2.75, 3.05) is 5.73 Å². The number of thiophene rings is 1. The van der Waals surface area contributed by atoms with E-state index in [1.165, 1.54) is 0 Å². The molecule has 0 aromatic carbocycles. The summed E-state index contributed by atoms with van der Waals surface area (Å²) < 4.78 is 5.60. The number of anilines is 1. The molecular formula is C12H11N3OS. The van der Waals surface area contributed by atoms with Crippen LogP contribution in [-0.2, 0) is 0 Å². The van der Waals surface area contributed by atoms with Crippen LogP contribution in [0.3, 0.4) is 0 Å². The number of nitrogen functional groups attached to an aromatic ring is 1. The van der Waals surface area contributed by atoms with E-state index in [2.05, 4.69) is 10.2 Å². The van der Waals surface area contributed by atoms with Gasteiger partial charge in [0.15, 0.2) is 11.6 Å². The highest BCUT2D eigenvalue weighted by atomic mass is 32.1. The van der Waals surface area contributed by atoms with Crippen LogP contribution < -0.4 is 5.73 Å². The molecule has 0 saturated carbocycles. The van der Waals surface area contributed by atoms with E-state index >= 15 is 0 Å². The summed E-state index contributed by atoms with van der Waals surface area (Å²) in [6.45, 7) is 1.91. The predicted octanol–water partition coefficient (Wildman–Crippen LogP) is 3.29. The number of aromatic amines is 1. The minimum Gasteiger partial charge on any atom is -0.460 e. The van der Waals surface area contributed by atoms with E-state index in [1.807, 2.05) is 36.6 Å². The molecule has 0 saturated heterocycles. The molecule has 0 spiro atoms. The maximum Gasteiger partial charge on any atom is 0.154 e. The zero-order chi connectivity index (χ0) is 11.8. The van der Waals surface area contributed by atoms with Crippen LogP contribution in [0.25, 0.3) is 21.9 Å². The van der Waals surface area contributed by atoms with Gasteiger partial charge in [0.2, 0.25) is 0 Å². The zero-order valence-corrected chi connectivity index (χ0v) is 10.0. The van der Waals surface area contributed by atoms with Crippen molar-refractivity contribution in [3.05, 3.63) is 35.4 Å². The van der Waals surface area contributed by atoms with Crippen molar-refractivity contribution in [2.24, 2.45) is 0 Å². The van der Waals surface area contributed by atoms with E-state index < -0.39 is 0 Å². The van der Waals surface area contributed by atoms with E-state index in [0.717, 1.165) is 27.7 Å². The van der Waals surface area contributed by atoms with Crippen molar-refractivity contribution >= 4 is 17.2 Å². The fraction of sp³-hybridized carbons (Fsp3) is 0.0833. The Balaban J connectivity index is 2.19. The second-order valence-electron chi connectivity index (χ2n) is 3.75. The second kappa shape index (κ2) is 3.78. The number of rotatable bonds is 2. The first kappa shape index (κ1) is 10.2. The quantitative estimate of drug-likeness (QED) is 0.728. The van der Waals surface area contributed by atoms with Gasteiger partial charge in [0.05, 0.1) is 5.56 Å². The summed E-state index contributed by atoms with van der Waals surface area (Å²) in [4.78, 5) is 1.08. The Bertz CT molecular complexity index is 637. The number of H-pyrrole nitrogens is 1. The molecule has 4 nitrogen and oxygen atoms in total. The summed E-state index contributed by atoms with van der Waals surface area (Å²) >= 11 is 1.63. The highest BCUT2D eigenvalue weighted by Gasteiger charge is 2.17. The van der Waals surface area contributed by atoms with Crippen LogP contribution in [0.15, 0.2) is 34.1 Å². The van der Waals surface area contributed by atoms with Crippen molar-refractivity contribution in [3.8, 4) is 21.9 Å². The molecule has 3 aromatic rings. The van der Waals surface area contributed by atoms with Gasteiger partial charge in [-0.1, -0.05) is 6.07 Å². The van der Waals surface area contributed by atoms with Crippen LogP contribution in [-0.4, -0.2) is 10.2 Å². The van der Waals surface area contributed by atoms with Crippen LogP contribution in [0.1, 0.15) is 5.76 Å². The summed E-state index contributed by atoms with van der Waals surface area (Å²) in [7, 11) is 0. The molecule has 3 N–H and O–H groups in total. The summed E-state index contributed by atoms with van der Waals surface area (Å²) in [6, 6.07) is 7.85. The zero-order valence-electron chi connectivity index (χ0n) is 9.23. The van der Waals surface area contributed by atoms with E-state index in [-0.39, 0.29) is 0 Å². The Morgan fingerprint density at radius 2 is 2.24 bits per heavy atom. The first-order valence-corrected chi connectivity index (χ1v) is 6.08. The van der Waals surface area contributed by atoms with Gasteiger partial charge in [-0.05, 0) is 30.5 Å². The summed E-state index contributed by atoms with van der Waals surface area (Å²) in [5, 5.41) is 9.00. The van der Waals surface area contributed by atoms with Crippen molar-refractivity contribution in [3.63, 3.8) is 0 Å². The summed E-state index contributed by atoms with van der Waals surface area (Å²) in [6.07, 6.45) is 0. The second-order valence-corrected chi connectivity index (χ2v) is 4.69. The number of nitrogens with one attached hydrogen (secondary N) is 1. The molecule has 0 amide bonds. The lowest BCUT2D eigenvalue weighted by molar-refractivity contribution is 0.546. The van der Waals surface area contributed by atoms with Crippen LogP contribution in [0.4, 0.5) is 5.82 Å². The Morgan fingerprint density at radius 3 is 2.88 bits per heavy atom. The SMILES string of the molecule is Cc1ccc(-c2[nH]nc(N)c2-c2cccs2)o1. The van der Waals surface area contributed by atoms with Crippen LogP contribution in [0, 0.1) is 6.92 Å². The number of hydrogen-bond donors (Lipinski definition) is 2. The molecule has 17 heavy (non-hydrogen) atoms. The van der Waals surface area contributed by atoms with Gasteiger partial charge in [0.1, 0.15) is 11.5 Å². The van der Waals surface area contributed by atoms with Crippen molar-refractivity contribution in [2.45, 2.75) is 6.92 Å². The lowest BCUT2D eigenvalue weighted by Gasteiger charge is -1.98. The number of aryl methyl sites for hydroxylation is 1. The lowest BCUT2D eigenvalue weighted by Crippen LogP contribution is -1.86. The topological polar surface area (TPSA) is 67.8 Å². The lowest BCUT2D eigenvalue weighted by atomic mass is 10.1. The molecule has 0 bridgehead atoms. The molecule has 86 valence electrons. The van der Waals surface area contributed by atoms with Gasteiger partial charge >= 0.3 is 0 Å². The third-order valence-corrected chi connectivity index (χ3v) is 3.44. The molecular weight excluding hydrogens is 234 g/mol. The summed E-state index contributed by atoms with van der Waals surface area (Å²) in [5.74, 6) is 2.12. The van der Waals surface area contributed by atoms with Gasteiger partial charge in [-0.15, -0.1) is 11.3 Å². The normalized spacial score (nSPS) is 10.9. The van der Waals surface area contributed by atoms with Gasteiger partial charge in [0.25, 0.3) is 0 Å². The van der Waals surface area contributed by atoms with Gasteiger partial charge in [-0.3, -0.25) is 5.10 Å². The van der Waals surface area contributed by atoms with Crippen molar-refractivity contribution in [1.29, 1.82) is 0 Å². The molecule has 0 unspecified atom stereocenters. The molecule has 5 heteroatoms. The average Bonchev–Trinajstić information content (AvgIpc) is 2.97. The first-order chi connectivity index (χ1) is 8.25. The Hall–Kier alpha value is -2.01. The van der Waals surface area contributed by atoms with E-state index in [9.17, 15) is 0 Å². The maximum atomic E-state index is 5.90. The molecule has 0 atom stereocenters. The molecule has 0 aliphatic carbocycles. The highest BCUT2D eigenvalue weighted by molar-refractivity contribution is 7.13. The Labute approximate surface area is 102 Å².